The molecule has 0 unspecified atom stereocenters. The van der Waals surface area contributed by atoms with Gasteiger partial charge in [-0.3, -0.25) is 9.59 Å². The number of carbonyl (C=O) groups is 1. The van der Waals surface area contributed by atoms with E-state index in [-0.39, 0.29) is 18.0 Å². The van der Waals surface area contributed by atoms with Crippen molar-refractivity contribution in [3.05, 3.63) is 76.7 Å². The normalized spacial score (nSPS) is 10.6. The number of hydrogen-bond donors (Lipinski definition) is 1. The molecular weight excluding hydrogens is 424 g/mol. The SMILES string of the molecule is COc1cc(NC(=O)Cn2cc(-c3nc(-c4cccc(C)c4)no3)ccc2=O)cc(OC)c1. The number of methoxy groups -OCH3 is 2. The smallest absolute Gasteiger partial charge is 0.259 e. The highest BCUT2D eigenvalue weighted by Gasteiger charge is 2.14. The Labute approximate surface area is 189 Å². The highest BCUT2D eigenvalue weighted by Crippen LogP contribution is 2.26. The molecule has 0 radical (unpaired) electrons. The first kappa shape index (κ1) is 21.8. The second kappa shape index (κ2) is 9.39. The zero-order valence-corrected chi connectivity index (χ0v) is 18.4. The Morgan fingerprint density at radius 1 is 1.03 bits per heavy atom. The number of ether oxygens (including phenoxy) is 2. The minimum absolute atomic E-state index is 0.203. The van der Waals surface area contributed by atoms with Gasteiger partial charge in [0.1, 0.15) is 18.0 Å². The van der Waals surface area contributed by atoms with Gasteiger partial charge in [0.25, 0.3) is 11.4 Å². The summed E-state index contributed by atoms with van der Waals surface area (Å²) in [6.07, 6.45) is 1.52. The molecule has 0 saturated carbocycles. The van der Waals surface area contributed by atoms with E-state index in [4.69, 9.17) is 14.0 Å². The topological polar surface area (TPSA) is 108 Å². The molecule has 0 fully saturated rings. The zero-order valence-electron chi connectivity index (χ0n) is 18.4. The predicted molar refractivity (Wildman–Crippen MR) is 122 cm³/mol. The highest BCUT2D eigenvalue weighted by molar-refractivity contribution is 5.91. The standard InChI is InChI=1S/C24H22N4O5/c1-15-5-4-6-16(9-15)23-26-24(33-27-23)17-7-8-22(30)28(13-17)14-21(29)25-18-10-19(31-2)12-20(11-18)32-3/h4-13H,14H2,1-3H3,(H,25,29). The molecule has 168 valence electrons. The molecule has 1 amide bonds. The van der Waals surface area contributed by atoms with Gasteiger partial charge < -0.3 is 23.9 Å². The number of nitrogens with one attached hydrogen (secondary N) is 1. The maximum absolute atomic E-state index is 12.6. The van der Waals surface area contributed by atoms with Crippen LogP contribution in [0.15, 0.2) is 70.1 Å². The maximum atomic E-state index is 12.6. The molecule has 9 nitrogen and oxygen atoms in total. The average molecular weight is 446 g/mol. The molecule has 0 atom stereocenters. The molecule has 2 aromatic heterocycles. The monoisotopic (exact) mass is 446 g/mol. The molecule has 0 aliphatic heterocycles. The van der Waals surface area contributed by atoms with Gasteiger partial charge in [-0.2, -0.15) is 4.98 Å². The third-order valence-electron chi connectivity index (χ3n) is 4.88. The number of rotatable bonds is 7. The molecule has 2 aromatic carbocycles. The number of carbonyl (C=O) groups excluding carboxylic acids is 1. The van der Waals surface area contributed by atoms with E-state index in [1.165, 1.54) is 31.0 Å². The van der Waals surface area contributed by atoms with Gasteiger partial charge in [0.05, 0.1) is 19.8 Å². The van der Waals surface area contributed by atoms with E-state index in [0.29, 0.717) is 28.6 Å². The highest BCUT2D eigenvalue weighted by atomic mass is 16.5. The molecule has 0 spiro atoms. The summed E-state index contributed by atoms with van der Waals surface area (Å²) in [5.74, 6) is 1.36. The summed E-state index contributed by atoms with van der Waals surface area (Å²) in [7, 11) is 3.04. The van der Waals surface area contributed by atoms with Crippen molar-refractivity contribution in [2.24, 2.45) is 0 Å². The lowest BCUT2D eigenvalue weighted by atomic mass is 10.1. The molecule has 0 bridgehead atoms. The number of aryl methyl sites for hydroxylation is 1. The summed E-state index contributed by atoms with van der Waals surface area (Å²) in [6.45, 7) is 1.78. The van der Waals surface area contributed by atoms with E-state index in [2.05, 4.69) is 15.5 Å². The largest absolute Gasteiger partial charge is 0.497 e. The van der Waals surface area contributed by atoms with E-state index in [1.807, 2.05) is 31.2 Å². The first-order valence-corrected chi connectivity index (χ1v) is 10.1. The van der Waals surface area contributed by atoms with Crippen LogP contribution in [0.5, 0.6) is 11.5 Å². The Morgan fingerprint density at radius 3 is 2.48 bits per heavy atom. The van der Waals surface area contributed by atoms with Gasteiger partial charge in [0.15, 0.2) is 0 Å². The summed E-state index contributed by atoms with van der Waals surface area (Å²) >= 11 is 0. The van der Waals surface area contributed by atoms with Crippen molar-refractivity contribution < 1.29 is 18.8 Å². The number of benzene rings is 2. The van der Waals surface area contributed by atoms with E-state index in [9.17, 15) is 9.59 Å². The average Bonchev–Trinajstić information content (AvgIpc) is 3.30. The lowest BCUT2D eigenvalue weighted by Gasteiger charge is -2.11. The van der Waals surface area contributed by atoms with Gasteiger partial charge in [-0.25, -0.2) is 0 Å². The van der Waals surface area contributed by atoms with Crippen LogP contribution in [0, 0.1) is 6.92 Å². The van der Waals surface area contributed by atoms with Crippen LogP contribution in [0.2, 0.25) is 0 Å². The zero-order chi connectivity index (χ0) is 23.4. The molecule has 4 aromatic rings. The second-order valence-corrected chi connectivity index (χ2v) is 7.33. The van der Waals surface area contributed by atoms with E-state index < -0.39 is 5.91 Å². The maximum Gasteiger partial charge on any atom is 0.259 e. The van der Waals surface area contributed by atoms with Crippen LogP contribution in [0.25, 0.3) is 22.8 Å². The number of nitrogens with zero attached hydrogens (tertiary/aromatic N) is 3. The van der Waals surface area contributed by atoms with Gasteiger partial charge in [-0.05, 0) is 19.1 Å². The van der Waals surface area contributed by atoms with Crippen molar-refractivity contribution in [2.75, 3.05) is 19.5 Å². The molecule has 2 heterocycles. The quantitative estimate of drug-likeness (QED) is 0.463. The van der Waals surface area contributed by atoms with Crippen LogP contribution >= 0.6 is 0 Å². The van der Waals surface area contributed by atoms with Gasteiger partial charge in [0.2, 0.25) is 11.7 Å². The molecule has 33 heavy (non-hydrogen) atoms. The second-order valence-electron chi connectivity index (χ2n) is 7.33. The molecule has 0 aliphatic carbocycles. The molecule has 1 N–H and O–H groups in total. The molecule has 0 aliphatic rings. The number of anilines is 1. The first-order chi connectivity index (χ1) is 15.9. The van der Waals surface area contributed by atoms with Crippen LogP contribution in [0.4, 0.5) is 5.69 Å². The Bertz CT molecular complexity index is 1340. The molecular formula is C24H22N4O5. The van der Waals surface area contributed by atoms with Crippen molar-refractivity contribution >= 4 is 11.6 Å². The van der Waals surface area contributed by atoms with Crippen molar-refractivity contribution in [1.82, 2.24) is 14.7 Å². The fourth-order valence-corrected chi connectivity index (χ4v) is 3.26. The summed E-state index contributed by atoms with van der Waals surface area (Å²) in [6, 6.07) is 15.7. The van der Waals surface area contributed by atoms with Crippen LogP contribution in [0.3, 0.4) is 0 Å². The summed E-state index contributed by atoms with van der Waals surface area (Å²) < 4.78 is 17.1. The number of pyridine rings is 1. The van der Waals surface area contributed by atoms with Gasteiger partial charge in [-0.1, -0.05) is 28.9 Å². The van der Waals surface area contributed by atoms with Crippen molar-refractivity contribution in [1.29, 1.82) is 0 Å². The third-order valence-corrected chi connectivity index (χ3v) is 4.88. The summed E-state index contributed by atoms with van der Waals surface area (Å²) in [5, 5.41) is 6.78. The van der Waals surface area contributed by atoms with Crippen molar-refractivity contribution in [3.63, 3.8) is 0 Å². The molecule has 0 saturated heterocycles. The molecule has 4 rings (SSSR count). The number of amides is 1. The van der Waals surface area contributed by atoms with Crippen LogP contribution in [-0.4, -0.2) is 34.8 Å². The minimum Gasteiger partial charge on any atom is -0.497 e. The summed E-state index contributed by atoms with van der Waals surface area (Å²) in [5.41, 5.74) is 2.57. The first-order valence-electron chi connectivity index (χ1n) is 10.1. The minimum atomic E-state index is -0.393. The Hall–Kier alpha value is -4.40. The number of hydrogen-bond acceptors (Lipinski definition) is 7. The van der Waals surface area contributed by atoms with Gasteiger partial charge >= 0.3 is 0 Å². The van der Waals surface area contributed by atoms with Crippen LogP contribution in [0.1, 0.15) is 5.56 Å². The van der Waals surface area contributed by atoms with Crippen LogP contribution in [-0.2, 0) is 11.3 Å². The Kier molecular flexibility index (Phi) is 6.21. The van der Waals surface area contributed by atoms with E-state index >= 15 is 0 Å². The third kappa shape index (κ3) is 5.09. The summed E-state index contributed by atoms with van der Waals surface area (Å²) in [4.78, 5) is 29.4. The van der Waals surface area contributed by atoms with E-state index in [1.54, 1.807) is 24.3 Å². The van der Waals surface area contributed by atoms with E-state index in [0.717, 1.165) is 11.1 Å². The Morgan fingerprint density at radius 2 is 1.79 bits per heavy atom. The van der Waals surface area contributed by atoms with Gasteiger partial charge in [-0.15, -0.1) is 0 Å². The van der Waals surface area contributed by atoms with Crippen molar-refractivity contribution in [3.8, 4) is 34.3 Å². The predicted octanol–water partition coefficient (Wildman–Crippen LogP) is 3.53. The fourth-order valence-electron chi connectivity index (χ4n) is 3.26. The molecule has 9 heteroatoms. The lowest BCUT2D eigenvalue weighted by Crippen LogP contribution is -2.26. The lowest BCUT2D eigenvalue weighted by molar-refractivity contribution is -0.116. The Balaban J connectivity index is 1.54. The number of aromatic nitrogens is 3. The van der Waals surface area contributed by atoms with Crippen molar-refractivity contribution in [2.45, 2.75) is 13.5 Å². The van der Waals surface area contributed by atoms with Gasteiger partial charge in [0, 0.05) is 41.7 Å². The van der Waals surface area contributed by atoms with Crippen LogP contribution < -0.4 is 20.3 Å². The fraction of sp³-hybridized carbons (Fsp3) is 0.167.